The van der Waals surface area contributed by atoms with E-state index >= 15 is 0 Å². The van der Waals surface area contributed by atoms with Gasteiger partial charge in [0.15, 0.2) is 0 Å². The molecule has 1 N–H and O–H groups in total. The van der Waals surface area contributed by atoms with Gasteiger partial charge in [-0.1, -0.05) is 53.6 Å². The van der Waals surface area contributed by atoms with Gasteiger partial charge in [0, 0.05) is 5.56 Å². The smallest absolute Gasteiger partial charge is 0.323 e. The molecule has 0 radical (unpaired) electrons. The Hall–Kier alpha value is -2.99. The number of amides is 1. The van der Waals surface area contributed by atoms with E-state index in [1.54, 1.807) is 19.1 Å². The van der Waals surface area contributed by atoms with E-state index in [9.17, 15) is 9.59 Å². The Balaban J connectivity index is 1.84. The molecule has 3 rings (SSSR count). The van der Waals surface area contributed by atoms with E-state index in [0.29, 0.717) is 16.4 Å². The number of carbonyl (C=O) groups excluding carboxylic acids is 1. The van der Waals surface area contributed by atoms with Crippen molar-refractivity contribution in [3.05, 3.63) is 75.3 Å². The number of carbonyl (C=O) groups is 1. The number of rotatable bonds is 4. The molecule has 27 heavy (non-hydrogen) atoms. The number of anilines is 1. The van der Waals surface area contributed by atoms with Crippen LogP contribution in [0.4, 0.5) is 5.69 Å². The minimum atomic E-state index is -0.840. The molecule has 0 saturated heterocycles. The predicted molar refractivity (Wildman–Crippen MR) is 106 cm³/mol. The number of nitrogens with zero attached hydrogens (tertiary/aromatic N) is 3. The third-order valence-electron chi connectivity index (χ3n) is 4.28. The van der Waals surface area contributed by atoms with E-state index < -0.39 is 17.6 Å². The normalized spacial score (nSPS) is 11.9. The third kappa shape index (κ3) is 4.06. The predicted octanol–water partition coefficient (Wildman–Crippen LogP) is 3.78. The molecule has 0 spiro atoms. The zero-order valence-corrected chi connectivity index (χ0v) is 16.0. The van der Waals surface area contributed by atoms with E-state index in [1.165, 1.54) is 6.20 Å². The lowest BCUT2D eigenvalue weighted by Gasteiger charge is -2.15. The minimum Gasteiger partial charge on any atom is -0.323 e. The highest BCUT2D eigenvalue weighted by Gasteiger charge is 2.20. The molecule has 138 valence electrons. The van der Waals surface area contributed by atoms with E-state index in [0.717, 1.165) is 21.4 Å². The summed E-state index contributed by atoms with van der Waals surface area (Å²) in [5.41, 5.74) is 3.13. The van der Waals surface area contributed by atoms with Gasteiger partial charge in [-0.3, -0.25) is 4.79 Å². The van der Waals surface area contributed by atoms with Crippen LogP contribution in [0.15, 0.2) is 53.5 Å². The van der Waals surface area contributed by atoms with Gasteiger partial charge in [0.25, 0.3) is 0 Å². The summed E-state index contributed by atoms with van der Waals surface area (Å²) in [6.07, 6.45) is 1.48. The van der Waals surface area contributed by atoms with Gasteiger partial charge in [-0.15, -0.1) is 0 Å². The van der Waals surface area contributed by atoms with E-state index in [1.807, 2.05) is 44.2 Å². The maximum atomic E-state index is 12.6. The van der Waals surface area contributed by atoms with Crippen molar-refractivity contribution in [2.24, 2.45) is 0 Å². The molecule has 7 heteroatoms. The van der Waals surface area contributed by atoms with Crippen molar-refractivity contribution in [3.63, 3.8) is 0 Å². The van der Waals surface area contributed by atoms with Gasteiger partial charge in [0.05, 0.1) is 22.6 Å². The first-order valence-corrected chi connectivity index (χ1v) is 8.83. The van der Waals surface area contributed by atoms with Crippen LogP contribution in [0.1, 0.15) is 24.1 Å². The summed E-state index contributed by atoms with van der Waals surface area (Å²) in [4.78, 5) is 29.0. The van der Waals surface area contributed by atoms with Crippen LogP contribution in [-0.2, 0) is 4.79 Å². The number of halogens is 1. The fourth-order valence-electron chi connectivity index (χ4n) is 2.61. The highest BCUT2D eigenvalue weighted by molar-refractivity contribution is 6.34. The Bertz CT molecular complexity index is 1020. The van der Waals surface area contributed by atoms with Crippen molar-refractivity contribution in [2.75, 3.05) is 5.32 Å². The number of aryl methyl sites for hydroxylation is 2. The summed E-state index contributed by atoms with van der Waals surface area (Å²) in [5.74, 6) is -0.398. The number of aromatic nitrogens is 3. The lowest BCUT2D eigenvalue weighted by molar-refractivity contribution is -0.119. The molecular formula is C20H19ClN4O2. The van der Waals surface area contributed by atoms with Crippen LogP contribution in [0, 0.1) is 13.8 Å². The van der Waals surface area contributed by atoms with Crippen LogP contribution >= 0.6 is 11.6 Å². The Morgan fingerprint density at radius 3 is 2.48 bits per heavy atom. The number of hydrogen-bond acceptors (Lipinski definition) is 4. The van der Waals surface area contributed by atoms with Crippen molar-refractivity contribution < 1.29 is 4.79 Å². The average molecular weight is 383 g/mol. The molecule has 0 fully saturated rings. The van der Waals surface area contributed by atoms with Crippen LogP contribution in [0.3, 0.4) is 0 Å². The molecule has 1 aromatic heterocycles. The zero-order chi connectivity index (χ0) is 19.6. The van der Waals surface area contributed by atoms with Crippen molar-refractivity contribution in [3.8, 4) is 11.3 Å². The molecule has 0 aliphatic carbocycles. The van der Waals surface area contributed by atoms with Gasteiger partial charge in [-0.25, -0.2) is 9.48 Å². The Labute approximate surface area is 161 Å². The van der Waals surface area contributed by atoms with Gasteiger partial charge < -0.3 is 5.32 Å². The standard InChI is InChI=1S/C20H19ClN4O2/c1-12-7-9-15(10-8-12)17-11-22-25(20(27)23-17)14(3)19(26)24-18-13(2)5-4-6-16(18)21/h4-11,14H,1-3H3,(H,24,26). The van der Waals surface area contributed by atoms with Crippen LogP contribution in [0.2, 0.25) is 5.02 Å². The summed E-state index contributed by atoms with van der Waals surface area (Å²) >= 11 is 6.14. The first-order chi connectivity index (χ1) is 12.9. The van der Waals surface area contributed by atoms with E-state index in [4.69, 9.17) is 11.6 Å². The topological polar surface area (TPSA) is 76.9 Å². The van der Waals surface area contributed by atoms with E-state index in [-0.39, 0.29) is 0 Å². The molecule has 0 bridgehead atoms. The molecule has 6 nitrogen and oxygen atoms in total. The summed E-state index contributed by atoms with van der Waals surface area (Å²) in [6.45, 7) is 5.41. The van der Waals surface area contributed by atoms with Gasteiger partial charge in [0.1, 0.15) is 6.04 Å². The van der Waals surface area contributed by atoms with Gasteiger partial charge in [0.2, 0.25) is 5.91 Å². The van der Waals surface area contributed by atoms with Crippen molar-refractivity contribution in [1.29, 1.82) is 0 Å². The molecule has 1 amide bonds. The van der Waals surface area contributed by atoms with Crippen molar-refractivity contribution >= 4 is 23.2 Å². The zero-order valence-electron chi connectivity index (χ0n) is 15.2. The molecule has 2 aromatic carbocycles. The lowest BCUT2D eigenvalue weighted by Crippen LogP contribution is -2.35. The Morgan fingerprint density at radius 2 is 1.85 bits per heavy atom. The molecular weight excluding hydrogens is 364 g/mol. The second-order valence-corrected chi connectivity index (χ2v) is 6.74. The summed E-state index contributed by atoms with van der Waals surface area (Å²) in [6, 6.07) is 12.1. The van der Waals surface area contributed by atoms with Crippen LogP contribution < -0.4 is 11.0 Å². The van der Waals surface area contributed by atoms with Gasteiger partial charge in [-0.2, -0.15) is 10.1 Å². The number of para-hydroxylation sites is 1. The van der Waals surface area contributed by atoms with Crippen molar-refractivity contribution in [1.82, 2.24) is 14.8 Å². The van der Waals surface area contributed by atoms with Crippen LogP contribution in [0.5, 0.6) is 0 Å². The average Bonchev–Trinajstić information content (AvgIpc) is 2.64. The molecule has 1 unspecified atom stereocenters. The maximum absolute atomic E-state index is 12.6. The molecule has 0 aliphatic rings. The fourth-order valence-corrected chi connectivity index (χ4v) is 2.88. The van der Waals surface area contributed by atoms with Crippen molar-refractivity contribution in [2.45, 2.75) is 26.8 Å². The molecule has 3 aromatic rings. The minimum absolute atomic E-state index is 0.398. The molecule has 1 heterocycles. The van der Waals surface area contributed by atoms with Crippen LogP contribution in [0.25, 0.3) is 11.3 Å². The van der Waals surface area contributed by atoms with Gasteiger partial charge >= 0.3 is 5.69 Å². The quantitative estimate of drug-likeness (QED) is 0.745. The Morgan fingerprint density at radius 1 is 1.15 bits per heavy atom. The monoisotopic (exact) mass is 382 g/mol. The first kappa shape index (κ1) is 18.8. The second-order valence-electron chi connectivity index (χ2n) is 6.33. The largest absolute Gasteiger partial charge is 0.365 e. The Kier molecular flexibility index (Phi) is 5.37. The maximum Gasteiger partial charge on any atom is 0.365 e. The molecule has 0 saturated carbocycles. The lowest BCUT2D eigenvalue weighted by atomic mass is 10.1. The summed E-state index contributed by atoms with van der Waals surface area (Å²) in [7, 11) is 0. The van der Waals surface area contributed by atoms with E-state index in [2.05, 4.69) is 15.4 Å². The fraction of sp³-hybridized carbons (Fsp3) is 0.200. The SMILES string of the molecule is Cc1ccc(-c2cnn(C(C)C(=O)Nc3c(C)cccc3Cl)c(=O)n2)cc1. The highest BCUT2D eigenvalue weighted by atomic mass is 35.5. The molecule has 1 atom stereocenters. The highest BCUT2D eigenvalue weighted by Crippen LogP contribution is 2.26. The summed E-state index contributed by atoms with van der Waals surface area (Å²) in [5, 5.41) is 7.32. The second kappa shape index (κ2) is 7.72. The van der Waals surface area contributed by atoms with Crippen LogP contribution in [-0.4, -0.2) is 20.7 Å². The number of hydrogen-bond donors (Lipinski definition) is 1. The first-order valence-electron chi connectivity index (χ1n) is 8.45. The molecule has 0 aliphatic heterocycles. The number of benzene rings is 2. The number of nitrogens with one attached hydrogen (secondary N) is 1. The van der Waals surface area contributed by atoms with Gasteiger partial charge in [-0.05, 0) is 32.4 Å². The summed E-state index contributed by atoms with van der Waals surface area (Å²) < 4.78 is 1.05. The third-order valence-corrected chi connectivity index (χ3v) is 4.60.